The van der Waals surface area contributed by atoms with Crippen LogP contribution in [0.25, 0.3) is 0 Å². The van der Waals surface area contributed by atoms with Gasteiger partial charge in [-0.25, -0.2) is 0 Å². The number of hydrogen-bond donors (Lipinski definition) is 1. The summed E-state index contributed by atoms with van der Waals surface area (Å²) in [4.78, 5) is 27.8. The molecule has 1 fully saturated rings. The molecule has 0 aliphatic carbocycles. The number of hydrogen-bond acceptors (Lipinski definition) is 2. The van der Waals surface area contributed by atoms with E-state index in [-0.39, 0.29) is 17.7 Å². The monoisotopic (exact) mass is 476 g/mol. The van der Waals surface area contributed by atoms with E-state index in [4.69, 9.17) is 11.6 Å². The molecule has 1 N–H and O–H groups in total. The van der Waals surface area contributed by atoms with Crippen molar-refractivity contribution in [2.45, 2.75) is 38.6 Å². The number of amides is 2. The molecule has 1 atom stereocenters. The van der Waals surface area contributed by atoms with Gasteiger partial charge in [-0.3, -0.25) is 9.59 Å². The van der Waals surface area contributed by atoms with Gasteiger partial charge >= 0.3 is 0 Å². The topological polar surface area (TPSA) is 49.4 Å². The van der Waals surface area contributed by atoms with Gasteiger partial charge in [-0.2, -0.15) is 0 Å². The van der Waals surface area contributed by atoms with Gasteiger partial charge in [-0.1, -0.05) is 49.7 Å². The second-order valence-corrected chi connectivity index (χ2v) is 9.12. The summed E-state index contributed by atoms with van der Waals surface area (Å²) in [6.45, 7) is 5.31. The van der Waals surface area contributed by atoms with Crippen molar-refractivity contribution in [2.75, 3.05) is 13.1 Å². The third kappa shape index (κ3) is 5.40. The zero-order valence-electron chi connectivity index (χ0n) is 16.7. The van der Waals surface area contributed by atoms with Gasteiger partial charge in [0, 0.05) is 22.6 Å². The van der Waals surface area contributed by atoms with Crippen LogP contribution in [0.5, 0.6) is 0 Å². The van der Waals surface area contributed by atoms with Crippen molar-refractivity contribution in [2.24, 2.45) is 5.92 Å². The van der Waals surface area contributed by atoms with Crippen molar-refractivity contribution < 1.29 is 9.59 Å². The molecule has 4 nitrogen and oxygen atoms in total. The van der Waals surface area contributed by atoms with Crippen LogP contribution >= 0.6 is 27.5 Å². The number of piperidine rings is 1. The van der Waals surface area contributed by atoms with Crippen molar-refractivity contribution in [3.8, 4) is 0 Å². The molecule has 0 saturated carbocycles. The second kappa shape index (κ2) is 9.77. The third-order valence-electron chi connectivity index (χ3n) is 5.49. The lowest BCUT2D eigenvalue weighted by molar-refractivity contribution is -0.135. The number of nitrogens with zero attached hydrogens (tertiary/aromatic N) is 1. The molecule has 2 aromatic carbocycles. The zero-order chi connectivity index (χ0) is 21.0. The maximum absolute atomic E-state index is 13.2. The molecular weight excluding hydrogens is 452 g/mol. The number of carbonyl (C=O) groups is 2. The zero-order valence-corrected chi connectivity index (χ0v) is 19.0. The van der Waals surface area contributed by atoms with Crippen LogP contribution in [0.1, 0.15) is 48.5 Å². The predicted molar refractivity (Wildman–Crippen MR) is 120 cm³/mol. The summed E-state index contributed by atoms with van der Waals surface area (Å²) in [6.07, 6.45) is 1.83. The highest BCUT2D eigenvalue weighted by molar-refractivity contribution is 9.10. The van der Waals surface area contributed by atoms with E-state index in [1.807, 2.05) is 49.1 Å². The Hall–Kier alpha value is -1.85. The van der Waals surface area contributed by atoms with Gasteiger partial charge in [0.2, 0.25) is 5.91 Å². The SMILES string of the molecule is CC(C)[C@@H](NC(=O)c1ccccc1Br)C(=O)N1CCC(c2ccc(Cl)cc2)CC1. The fraction of sp³-hybridized carbons (Fsp3) is 0.391. The number of halogens is 2. The standard InChI is InChI=1S/C23H26BrClN2O2/c1-15(2)21(26-22(28)19-5-3-4-6-20(19)24)23(29)27-13-11-17(12-14-27)16-7-9-18(25)10-8-16/h3-10,15,17,21H,11-14H2,1-2H3,(H,26,28)/t21-/m1/s1. The Morgan fingerprint density at radius 2 is 1.69 bits per heavy atom. The second-order valence-electron chi connectivity index (χ2n) is 7.83. The molecule has 154 valence electrons. The van der Waals surface area contributed by atoms with Crippen molar-refractivity contribution in [1.82, 2.24) is 10.2 Å². The highest BCUT2D eigenvalue weighted by Crippen LogP contribution is 2.29. The summed E-state index contributed by atoms with van der Waals surface area (Å²) < 4.78 is 0.719. The van der Waals surface area contributed by atoms with Crippen LogP contribution in [0.4, 0.5) is 0 Å². The van der Waals surface area contributed by atoms with Gasteiger partial charge in [0.15, 0.2) is 0 Å². The lowest BCUT2D eigenvalue weighted by atomic mass is 9.89. The fourth-order valence-electron chi connectivity index (χ4n) is 3.74. The van der Waals surface area contributed by atoms with Gasteiger partial charge < -0.3 is 10.2 Å². The van der Waals surface area contributed by atoms with Crippen molar-refractivity contribution in [3.05, 3.63) is 69.2 Å². The summed E-state index contributed by atoms with van der Waals surface area (Å²) in [5.41, 5.74) is 1.80. The van der Waals surface area contributed by atoms with E-state index < -0.39 is 6.04 Å². The number of likely N-dealkylation sites (tertiary alicyclic amines) is 1. The maximum Gasteiger partial charge on any atom is 0.253 e. The third-order valence-corrected chi connectivity index (χ3v) is 6.43. The quantitative estimate of drug-likeness (QED) is 0.638. The minimum absolute atomic E-state index is 0.00271. The van der Waals surface area contributed by atoms with E-state index in [0.29, 0.717) is 24.6 Å². The van der Waals surface area contributed by atoms with E-state index in [9.17, 15) is 9.59 Å². The largest absolute Gasteiger partial charge is 0.341 e. The van der Waals surface area contributed by atoms with E-state index in [0.717, 1.165) is 22.3 Å². The summed E-state index contributed by atoms with van der Waals surface area (Å²) >= 11 is 9.39. The molecule has 0 bridgehead atoms. The fourth-order valence-corrected chi connectivity index (χ4v) is 4.33. The molecule has 0 spiro atoms. The smallest absolute Gasteiger partial charge is 0.253 e. The molecule has 0 radical (unpaired) electrons. The van der Waals surface area contributed by atoms with Gasteiger partial charge in [0.1, 0.15) is 6.04 Å². The minimum Gasteiger partial charge on any atom is -0.341 e. The van der Waals surface area contributed by atoms with Crippen LogP contribution in [0.2, 0.25) is 5.02 Å². The Balaban J connectivity index is 1.63. The van der Waals surface area contributed by atoms with Crippen LogP contribution in [-0.4, -0.2) is 35.8 Å². The molecule has 1 saturated heterocycles. The Labute approximate surface area is 185 Å². The molecule has 1 aliphatic rings. The first-order valence-corrected chi connectivity index (χ1v) is 11.1. The highest BCUT2D eigenvalue weighted by Gasteiger charge is 2.32. The van der Waals surface area contributed by atoms with Crippen LogP contribution in [0, 0.1) is 5.92 Å². The van der Waals surface area contributed by atoms with Gasteiger partial charge in [0.05, 0.1) is 5.56 Å². The molecule has 1 aliphatic heterocycles. The number of nitrogens with one attached hydrogen (secondary N) is 1. The Morgan fingerprint density at radius 3 is 2.28 bits per heavy atom. The lowest BCUT2D eigenvalue weighted by Crippen LogP contribution is -2.52. The maximum atomic E-state index is 13.2. The van der Waals surface area contributed by atoms with E-state index >= 15 is 0 Å². The average molecular weight is 478 g/mol. The van der Waals surface area contributed by atoms with Crippen LogP contribution in [0.3, 0.4) is 0 Å². The van der Waals surface area contributed by atoms with E-state index in [1.165, 1.54) is 5.56 Å². The van der Waals surface area contributed by atoms with Gasteiger partial charge in [0.25, 0.3) is 5.91 Å². The molecule has 29 heavy (non-hydrogen) atoms. The molecule has 0 aromatic heterocycles. The molecular formula is C23H26BrClN2O2. The minimum atomic E-state index is -0.540. The molecule has 0 unspecified atom stereocenters. The molecule has 2 aromatic rings. The number of rotatable bonds is 5. The van der Waals surface area contributed by atoms with E-state index in [1.54, 1.807) is 6.07 Å². The van der Waals surface area contributed by atoms with Gasteiger partial charge in [-0.15, -0.1) is 0 Å². The van der Waals surface area contributed by atoms with E-state index in [2.05, 4.69) is 33.4 Å². The van der Waals surface area contributed by atoms with Crippen LogP contribution in [0.15, 0.2) is 53.0 Å². The first-order valence-electron chi connectivity index (χ1n) is 9.96. The summed E-state index contributed by atoms with van der Waals surface area (Å²) in [5, 5.41) is 3.68. The first kappa shape index (κ1) is 21.8. The number of benzene rings is 2. The molecule has 6 heteroatoms. The lowest BCUT2D eigenvalue weighted by Gasteiger charge is -2.35. The Bertz CT molecular complexity index is 861. The van der Waals surface area contributed by atoms with Crippen LogP contribution in [-0.2, 0) is 4.79 Å². The first-order chi connectivity index (χ1) is 13.9. The average Bonchev–Trinajstić information content (AvgIpc) is 2.72. The molecule has 3 rings (SSSR count). The number of carbonyl (C=O) groups excluding carboxylic acids is 2. The molecule has 1 heterocycles. The van der Waals surface area contributed by atoms with Crippen molar-refractivity contribution >= 4 is 39.3 Å². The highest BCUT2D eigenvalue weighted by atomic mass is 79.9. The normalized spacial score (nSPS) is 16.0. The van der Waals surface area contributed by atoms with Gasteiger partial charge in [-0.05, 0) is 70.4 Å². The predicted octanol–water partition coefficient (Wildman–Crippen LogP) is 5.26. The summed E-state index contributed by atoms with van der Waals surface area (Å²) in [6, 6.07) is 14.7. The summed E-state index contributed by atoms with van der Waals surface area (Å²) in [5.74, 6) is 0.196. The summed E-state index contributed by atoms with van der Waals surface area (Å²) in [7, 11) is 0. The Kier molecular flexibility index (Phi) is 7.36. The van der Waals surface area contributed by atoms with Crippen LogP contribution < -0.4 is 5.32 Å². The molecule has 2 amide bonds. The Morgan fingerprint density at radius 1 is 1.07 bits per heavy atom. The van der Waals surface area contributed by atoms with Crippen molar-refractivity contribution in [3.63, 3.8) is 0 Å². The van der Waals surface area contributed by atoms with Crippen molar-refractivity contribution in [1.29, 1.82) is 0 Å².